The number of hydrogen-bond acceptors (Lipinski definition) is 3. The van der Waals surface area contributed by atoms with E-state index in [4.69, 9.17) is 0 Å². The number of alkyl halides is 3. The van der Waals surface area contributed by atoms with Gasteiger partial charge in [0.1, 0.15) is 0 Å². The van der Waals surface area contributed by atoms with Crippen molar-refractivity contribution >= 4 is 11.8 Å². The first-order chi connectivity index (χ1) is 10.8. The van der Waals surface area contributed by atoms with Gasteiger partial charge in [0, 0.05) is 19.1 Å². The molecule has 3 aliphatic rings. The molecule has 130 valence electrons. The van der Waals surface area contributed by atoms with E-state index >= 15 is 0 Å². The van der Waals surface area contributed by atoms with E-state index in [0.29, 0.717) is 19.3 Å². The van der Waals surface area contributed by atoms with Crippen molar-refractivity contribution in [2.45, 2.75) is 62.8 Å². The van der Waals surface area contributed by atoms with E-state index in [0.717, 1.165) is 24.3 Å². The summed E-state index contributed by atoms with van der Waals surface area (Å²) in [6, 6.07) is -0.577. The largest absolute Gasteiger partial charge is 0.471 e. The summed E-state index contributed by atoms with van der Waals surface area (Å²) in [5.74, 6) is -1.79. The number of rotatable bonds is 2. The molecule has 0 bridgehead atoms. The fourth-order valence-corrected chi connectivity index (χ4v) is 3.76. The maximum absolute atomic E-state index is 12.9. The topological polar surface area (TPSA) is 52.7 Å². The average molecular weight is 333 g/mol. The summed E-state index contributed by atoms with van der Waals surface area (Å²) in [4.78, 5) is 27.1. The minimum atomic E-state index is -4.85. The maximum atomic E-state index is 12.9. The van der Waals surface area contributed by atoms with Crippen molar-refractivity contribution < 1.29 is 22.8 Å². The molecule has 3 fully saturated rings. The fourth-order valence-electron chi connectivity index (χ4n) is 3.76. The Kier molecular flexibility index (Phi) is 4.06. The van der Waals surface area contributed by atoms with E-state index in [9.17, 15) is 22.8 Å². The van der Waals surface area contributed by atoms with E-state index in [2.05, 4.69) is 5.32 Å². The number of halogens is 3. The number of hydrogen-bond donors (Lipinski definition) is 1. The monoisotopic (exact) mass is 333 g/mol. The predicted molar refractivity (Wildman–Crippen MR) is 76.5 cm³/mol. The van der Waals surface area contributed by atoms with E-state index < -0.39 is 17.6 Å². The van der Waals surface area contributed by atoms with Crippen molar-refractivity contribution in [1.82, 2.24) is 15.1 Å². The van der Waals surface area contributed by atoms with Crippen LogP contribution in [0.4, 0.5) is 13.2 Å². The zero-order chi connectivity index (χ0) is 16.8. The number of piperazine rings is 1. The zero-order valence-corrected chi connectivity index (χ0v) is 13.2. The number of carbonyl (C=O) groups is 2. The summed E-state index contributed by atoms with van der Waals surface area (Å²) in [6.45, 7) is 2.84. The van der Waals surface area contributed by atoms with Crippen molar-refractivity contribution in [3.8, 4) is 0 Å². The molecule has 23 heavy (non-hydrogen) atoms. The summed E-state index contributed by atoms with van der Waals surface area (Å²) in [5, 5.41) is 3.15. The Labute approximate surface area is 133 Å². The van der Waals surface area contributed by atoms with Gasteiger partial charge < -0.3 is 15.1 Å². The number of nitrogens with one attached hydrogen (secondary N) is 1. The van der Waals surface area contributed by atoms with Crippen LogP contribution in [-0.2, 0) is 9.59 Å². The number of nitrogens with zero attached hydrogens (tertiary/aromatic N) is 2. The summed E-state index contributed by atoms with van der Waals surface area (Å²) in [6.07, 6.45) is -1.54. The number of carbonyl (C=O) groups excluding carboxylic acids is 2. The molecule has 1 aliphatic carbocycles. The van der Waals surface area contributed by atoms with Gasteiger partial charge in [-0.05, 0) is 38.6 Å². The van der Waals surface area contributed by atoms with Gasteiger partial charge in [0.2, 0.25) is 5.91 Å². The molecule has 2 atom stereocenters. The molecule has 2 saturated heterocycles. The van der Waals surface area contributed by atoms with Crippen LogP contribution in [0.25, 0.3) is 0 Å². The molecule has 1 saturated carbocycles. The first-order valence-corrected chi connectivity index (χ1v) is 8.21. The molecule has 3 rings (SSSR count). The average Bonchev–Trinajstić information content (AvgIpc) is 3.05. The lowest BCUT2D eigenvalue weighted by Crippen LogP contribution is -2.65. The second kappa shape index (κ2) is 5.65. The second-order valence-electron chi connectivity index (χ2n) is 6.82. The lowest BCUT2D eigenvalue weighted by atomic mass is 10.0. The molecule has 0 aromatic carbocycles. The SMILES string of the molecule is CCC1CN(C(=O)C(F)(F)F)C2(CC2)CN1C(=O)C1CCCN1. The van der Waals surface area contributed by atoms with Crippen molar-refractivity contribution in [3.05, 3.63) is 0 Å². The molecule has 8 heteroatoms. The van der Waals surface area contributed by atoms with Crippen LogP contribution >= 0.6 is 0 Å². The zero-order valence-electron chi connectivity index (χ0n) is 13.2. The molecule has 2 heterocycles. The van der Waals surface area contributed by atoms with Gasteiger partial charge >= 0.3 is 12.1 Å². The normalized spacial score (nSPS) is 29.9. The molecule has 0 aromatic rings. The highest BCUT2D eigenvalue weighted by Crippen LogP contribution is 2.47. The van der Waals surface area contributed by atoms with Crippen molar-refractivity contribution in [3.63, 3.8) is 0 Å². The van der Waals surface area contributed by atoms with E-state index in [1.165, 1.54) is 0 Å². The van der Waals surface area contributed by atoms with Gasteiger partial charge in [0.15, 0.2) is 0 Å². The van der Waals surface area contributed by atoms with Crippen molar-refractivity contribution in [2.24, 2.45) is 0 Å². The predicted octanol–water partition coefficient (Wildman–Crippen LogP) is 1.28. The third-order valence-electron chi connectivity index (χ3n) is 5.30. The number of amides is 2. The summed E-state index contributed by atoms with van der Waals surface area (Å²) < 4.78 is 38.6. The Balaban J connectivity index is 1.79. The van der Waals surface area contributed by atoms with Crippen molar-refractivity contribution in [1.29, 1.82) is 0 Å². The first kappa shape index (κ1) is 16.5. The second-order valence-corrected chi connectivity index (χ2v) is 6.82. The van der Waals surface area contributed by atoms with Gasteiger partial charge in [-0.15, -0.1) is 0 Å². The Morgan fingerprint density at radius 3 is 2.48 bits per heavy atom. The van der Waals surface area contributed by atoms with Gasteiger partial charge in [0.05, 0.1) is 11.6 Å². The van der Waals surface area contributed by atoms with Gasteiger partial charge in [-0.3, -0.25) is 9.59 Å². The molecule has 0 radical (unpaired) electrons. The lowest BCUT2D eigenvalue weighted by molar-refractivity contribution is -0.193. The van der Waals surface area contributed by atoms with Crippen molar-refractivity contribution in [2.75, 3.05) is 19.6 Å². The summed E-state index contributed by atoms with van der Waals surface area (Å²) in [7, 11) is 0. The smallest absolute Gasteiger partial charge is 0.334 e. The quantitative estimate of drug-likeness (QED) is 0.828. The van der Waals surface area contributed by atoms with Gasteiger partial charge in [0.25, 0.3) is 0 Å². The Morgan fingerprint density at radius 1 is 1.30 bits per heavy atom. The molecular weight excluding hydrogens is 311 g/mol. The third kappa shape index (κ3) is 2.93. The van der Waals surface area contributed by atoms with Crippen LogP contribution in [0.2, 0.25) is 0 Å². The van der Waals surface area contributed by atoms with Crippen LogP contribution in [0.1, 0.15) is 39.0 Å². The van der Waals surface area contributed by atoms with E-state index in [-0.39, 0.29) is 31.1 Å². The first-order valence-electron chi connectivity index (χ1n) is 8.21. The van der Waals surface area contributed by atoms with Gasteiger partial charge in [-0.1, -0.05) is 6.92 Å². The Bertz CT molecular complexity index is 499. The highest BCUT2D eigenvalue weighted by molar-refractivity contribution is 5.85. The summed E-state index contributed by atoms with van der Waals surface area (Å²) >= 11 is 0. The highest BCUT2D eigenvalue weighted by Gasteiger charge is 2.60. The van der Waals surface area contributed by atoms with Crippen LogP contribution in [0.3, 0.4) is 0 Å². The molecule has 2 amide bonds. The van der Waals surface area contributed by atoms with E-state index in [1.54, 1.807) is 4.90 Å². The molecule has 5 nitrogen and oxygen atoms in total. The van der Waals surface area contributed by atoms with Crippen LogP contribution in [0.5, 0.6) is 0 Å². The lowest BCUT2D eigenvalue weighted by Gasteiger charge is -2.47. The van der Waals surface area contributed by atoms with Gasteiger partial charge in [-0.25, -0.2) is 0 Å². The molecule has 2 aliphatic heterocycles. The van der Waals surface area contributed by atoms with Crippen LogP contribution in [0.15, 0.2) is 0 Å². The summed E-state index contributed by atoms with van der Waals surface area (Å²) in [5.41, 5.74) is -0.799. The Hall–Kier alpha value is -1.31. The standard InChI is InChI=1S/C15H22F3N3O2/c1-2-10-8-21(13(23)15(16,17)18)14(5-6-14)9-20(10)12(22)11-4-3-7-19-11/h10-11,19H,2-9H2,1H3. The highest BCUT2D eigenvalue weighted by atomic mass is 19.4. The van der Waals surface area contributed by atoms with Crippen LogP contribution in [0, 0.1) is 0 Å². The molecule has 1 N–H and O–H groups in total. The molecular formula is C15H22F3N3O2. The van der Waals surface area contributed by atoms with Gasteiger partial charge in [-0.2, -0.15) is 13.2 Å². The van der Waals surface area contributed by atoms with E-state index in [1.807, 2.05) is 6.92 Å². The van der Waals surface area contributed by atoms with Crippen LogP contribution in [-0.4, -0.2) is 65.0 Å². The van der Waals surface area contributed by atoms with Crippen LogP contribution < -0.4 is 5.32 Å². The fraction of sp³-hybridized carbons (Fsp3) is 0.867. The molecule has 1 spiro atoms. The maximum Gasteiger partial charge on any atom is 0.471 e. The minimum Gasteiger partial charge on any atom is -0.334 e. The molecule has 2 unspecified atom stereocenters. The minimum absolute atomic E-state index is 0.0205. The Morgan fingerprint density at radius 2 is 2.00 bits per heavy atom. The third-order valence-corrected chi connectivity index (χ3v) is 5.30. The molecule has 0 aromatic heterocycles.